The van der Waals surface area contributed by atoms with Crippen molar-refractivity contribution in [3.05, 3.63) is 46.2 Å². The number of fused-ring (bicyclic) bond motifs is 3. The molecule has 3 aliphatic rings. The van der Waals surface area contributed by atoms with Crippen LogP contribution in [-0.2, 0) is 0 Å². The summed E-state index contributed by atoms with van der Waals surface area (Å²) in [6.45, 7) is 10.7. The molecule has 7 nitrogen and oxygen atoms in total. The van der Waals surface area contributed by atoms with Crippen LogP contribution in [0, 0.1) is 20.8 Å². The molecule has 0 spiro atoms. The zero-order valence-corrected chi connectivity index (χ0v) is 17.1. The quantitative estimate of drug-likeness (QED) is 0.790. The molecule has 1 aromatic carbocycles. The average molecular weight is 391 g/mol. The number of rotatable bonds is 2. The molecule has 0 N–H and O–H groups in total. The second-order valence-corrected chi connectivity index (χ2v) is 7.85. The second kappa shape index (κ2) is 6.76. The predicted molar refractivity (Wildman–Crippen MR) is 114 cm³/mol. The summed E-state index contributed by atoms with van der Waals surface area (Å²) >= 11 is 0. The van der Waals surface area contributed by atoms with Crippen LogP contribution in [-0.4, -0.2) is 67.1 Å². The van der Waals surface area contributed by atoms with Gasteiger partial charge in [0.1, 0.15) is 17.9 Å². The first-order valence-corrected chi connectivity index (χ1v) is 10.1. The Morgan fingerprint density at radius 2 is 1.86 bits per heavy atom. The van der Waals surface area contributed by atoms with Crippen LogP contribution < -0.4 is 4.90 Å². The number of carbonyl (C=O) groups excluding carboxylic acids is 1. The highest BCUT2D eigenvalue weighted by molar-refractivity contribution is 6.17. The Morgan fingerprint density at radius 1 is 1.07 bits per heavy atom. The molecule has 29 heavy (non-hydrogen) atoms. The molecule has 1 fully saturated rings. The van der Waals surface area contributed by atoms with E-state index in [4.69, 9.17) is 4.42 Å². The number of hydrogen-bond donors (Lipinski definition) is 0. The summed E-state index contributed by atoms with van der Waals surface area (Å²) in [5.41, 5.74) is 5.24. The molecule has 0 atom stereocenters. The van der Waals surface area contributed by atoms with Gasteiger partial charge in [-0.25, -0.2) is 4.99 Å². The molecule has 0 radical (unpaired) electrons. The molecule has 0 saturated carbocycles. The van der Waals surface area contributed by atoms with Gasteiger partial charge in [-0.15, -0.1) is 0 Å². The number of benzene rings is 1. The third-order valence-electron chi connectivity index (χ3n) is 6.18. The Hall–Kier alpha value is -3.09. The van der Waals surface area contributed by atoms with Gasteiger partial charge in [-0.1, -0.05) is 12.1 Å². The Labute approximate surface area is 170 Å². The summed E-state index contributed by atoms with van der Waals surface area (Å²) in [5, 5.41) is 0. The minimum Gasteiger partial charge on any atom is -0.442 e. The van der Waals surface area contributed by atoms with E-state index in [0.29, 0.717) is 36.8 Å². The molecule has 1 saturated heterocycles. The number of piperazine rings is 1. The van der Waals surface area contributed by atoms with Crippen LogP contribution in [0.3, 0.4) is 0 Å². The normalized spacial score (nSPS) is 18.0. The molecule has 0 aliphatic carbocycles. The number of nitrogens with zero attached hydrogens (tertiary/aromatic N) is 5. The van der Waals surface area contributed by atoms with Crippen LogP contribution in [0.4, 0.5) is 11.6 Å². The summed E-state index contributed by atoms with van der Waals surface area (Å²) in [7, 11) is 0. The minimum absolute atomic E-state index is 0.0137. The maximum absolute atomic E-state index is 13.4. The lowest BCUT2D eigenvalue weighted by atomic mass is 10.1. The summed E-state index contributed by atoms with van der Waals surface area (Å²) in [4.78, 5) is 28.7. The Balaban J connectivity index is 1.38. The van der Waals surface area contributed by atoms with E-state index in [1.807, 2.05) is 16.7 Å². The van der Waals surface area contributed by atoms with Gasteiger partial charge in [0.05, 0.1) is 17.7 Å². The number of anilines is 1. The van der Waals surface area contributed by atoms with Gasteiger partial charge in [0.2, 0.25) is 5.88 Å². The highest BCUT2D eigenvalue weighted by Gasteiger charge is 2.36. The monoisotopic (exact) mass is 391 g/mol. The molecule has 1 aromatic heterocycles. The van der Waals surface area contributed by atoms with Gasteiger partial charge < -0.3 is 19.1 Å². The van der Waals surface area contributed by atoms with E-state index in [1.165, 1.54) is 16.8 Å². The number of hydrogen-bond acceptors (Lipinski definition) is 6. The molecule has 7 heteroatoms. The van der Waals surface area contributed by atoms with Gasteiger partial charge in [0.25, 0.3) is 5.91 Å². The number of aryl methyl sites for hydroxylation is 2. The Bertz CT molecular complexity index is 1040. The lowest BCUT2D eigenvalue weighted by Crippen LogP contribution is -2.49. The Kier molecular flexibility index (Phi) is 4.19. The molecule has 150 valence electrons. The van der Waals surface area contributed by atoms with Crippen molar-refractivity contribution < 1.29 is 9.21 Å². The van der Waals surface area contributed by atoms with Crippen LogP contribution in [0.15, 0.2) is 32.6 Å². The van der Waals surface area contributed by atoms with Crippen molar-refractivity contribution in [1.29, 1.82) is 0 Å². The van der Waals surface area contributed by atoms with E-state index in [0.717, 1.165) is 31.0 Å². The van der Waals surface area contributed by atoms with Crippen molar-refractivity contribution in [2.45, 2.75) is 20.8 Å². The summed E-state index contributed by atoms with van der Waals surface area (Å²) in [6, 6.07) is 6.41. The van der Waals surface area contributed by atoms with Gasteiger partial charge in [-0.05, 0) is 38.0 Å². The number of amides is 1. The van der Waals surface area contributed by atoms with Crippen LogP contribution in [0.1, 0.15) is 32.8 Å². The van der Waals surface area contributed by atoms with Gasteiger partial charge in [0, 0.05) is 38.4 Å². The smallest absolute Gasteiger partial charge is 0.258 e. The zero-order valence-electron chi connectivity index (χ0n) is 17.1. The van der Waals surface area contributed by atoms with E-state index in [9.17, 15) is 4.79 Å². The molecule has 0 unspecified atom stereocenters. The van der Waals surface area contributed by atoms with Crippen LogP contribution in [0.5, 0.6) is 0 Å². The largest absolute Gasteiger partial charge is 0.442 e. The molecule has 0 bridgehead atoms. The minimum atomic E-state index is 0.0137. The van der Waals surface area contributed by atoms with Gasteiger partial charge in [-0.3, -0.25) is 9.79 Å². The number of furan rings is 1. The average Bonchev–Trinajstić information content (AvgIpc) is 3.33. The number of aliphatic imine (C=N–C) groups is 2. The molecular weight excluding hydrogens is 366 g/mol. The van der Waals surface area contributed by atoms with Crippen molar-refractivity contribution in [2.24, 2.45) is 9.98 Å². The number of amidine groups is 1. The van der Waals surface area contributed by atoms with E-state index >= 15 is 0 Å². The van der Waals surface area contributed by atoms with E-state index in [1.54, 1.807) is 6.34 Å². The summed E-state index contributed by atoms with van der Waals surface area (Å²) < 4.78 is 5.81. The Morgan fingerprint density at radius 3 is 2.66 bits per heavy atom. The first kappa shape index (κ1) is 18.0. The molecular formula is C22H25N5O2. The van der Waals surface area contributed by atoms with Crippen LogP contribution >= 0.6 is 0 Å². The van der Waals surface area contributed by atoms with Crippen molar-refractivity contribution >= 4 is 29.7 Å². The highest BCUT2D eigenvalue weighted by atomic mass is 16.4. The van der Waals surface area contributed by atoms with E-state index < -0.39 is 0 Å². The lowest BCUT2D eigenvalue weighted by molar-refractivity contribution is 0.0744. The third kappa shape index (κ3) is 2.84. The molecule has 3 aliphatic heterocycles. The van der Waals surface area contributed by atoms with Crippen molar-refractivity contribution in [2.75, 3.05) is 44.2 Å². The van der Waals surface area contributed by atoms with Crippen molar-refractivity contribution in [1.82, 2.24) is 9.80 Å². The lowest BCUT2D eigenvalue weighted by Gasteiger charge is -2.37. The molecule has 1 amide bonds. The predicted octanol–water partition coefficient (Wildman–Crippen LogP) is 2.90. The maximum Gasteiger partial charge on any atom is 0.258 e. The van der Waals surface area contributed by atoms with Gasteiger partial charge in [-0.2, -0.15) is 0 Å². The van der Waals surface area contributed by atoms with Crippen LogP contribution in [0.2, 0.25) is 0 Å². The van der Waals surface area contributed by atoms with E-state index in [2.05, 4.69) is 46.9 Å². The van der Waals surface area contributed by atoms with Crippen molar-refractivity contribution in [3.8, 4) is 0 Å². The molecule has 5 rings (SSSR count). The fourth-order valence-corrected chi connectivity index (χ4v) is 4.39. The fourth-order valence-electron chi connectivity index (χ4n) is 4.39. The third-order valence-corrected chi connectivity index (χ3v) is 6.18. The molecule has 2 aromatic rings. The highest BCUT2D eigenvalue weighted by Crippen LogP contribution is 2.35. The fraction of sp³-hybridized carbons (Fsp3) is 0.409. The van der Waals surface area contributed by atoms with Crippen molar-refractivity contribution in [3.63, 3.8) is 0 Å². The SMILES string of the molecule is Cc1cccc(N2CCN(C(=O)c3c(C)oc4c3C3=NCCN3C=N4)CC2)c1C. The zero-order chi connectivity index (χ0) is 20.1. The van der Waals surface area contributed by atoms with E-state index in [-0.39, 0.29) is 5.91 Å². The second-order valence-electron chi connectivity index (χ2n) is 7.85. The first-order chi connectivity index (χ1) is 14.0. The first-order valence-electron chi connectivity index (χ1n) is 10.1. The van der Waals surface area contributed by atoms with Crippen LogP contribution in [0.25, 0.3) is 0 Å². The van der Waals surface area contributed by atoms with Gasteiger partial charge in [0.15, 0.2) is 0 Å². The van der Waals surface area contributed by atoms with Gasteiger partial charge >= 0.3 is 0 Å². The topological polar surface area (TPSA) is 64.7 Å². The molecule has 4 heterocycles. The summed E-state index contributed by atoms with van der Waals surface area (Å²) in [6.07, 6.45) is 1.74. The maximum atomic E-state index is 13.4. The summed E-state index contributed by atoms with van der Waals surface area (Å²) in [5.74, 6) is 1.94. The standard InChI is InChI=1S/C22H25N5O2/c1-14-5-4-6-17(15(14)2)25-9-11-26(12-10-25)22(28)18-16(3)29-21-19(18)20-23-7-8-27(20)13-24-21/h4-6,13H,7-12H2,1-3H3. The number of carbonyl (C=O) groups is 1.